The van der Waals surface area contributed by atoms with Gasteiger partial charge in [-0.25, -0.2) is 4.79 Å². The standard InChI is InChI=1S/C31H32ClNO4/c1-31(2)36-28-19-26(16-17-27(28)30(35)37-31)33(29(34)18-9-21-5-3-4-6-21)20-22-7-10-23(11-8-22)24-12-14-25(32)15-13-24/h7-8,10-17,19,21H,3-6,9,18,20H2,1-2H3. The van der Waals surface area contributed by atoms with Gasteiger partial charge >= 0.3 is 5.97 Å². The van der Waals surface area contributed by atoms with Gasteiger partial charge in [-0.1, -0.05) is 73.7 Å². The second kappa shape index (κ2) is 10.6. The molecule has 1 heterocycles. The highest BCUT2D eigenvalue weighted by Gasteiger charge is 2.34. The van der Waals surface area contributed by atoms with Gasteiger partial charge in [-0.15, -0.1) is 0 Å². The summed E-state index contributed by atoms with van der Waals surface area (Å²) in [5, 5.41) is 0.706. The van der Waals surface area contributed by atoms with Crippen molar-refractivity contribution in [3.63, 3.8) is 0 Å². The minimum atomic E-state index is -1.06. The Balaban J connectivity index is 1.40. The number of rotatable bonds is 7. The van der Waals surface area contributed by atoms with Gasteiger partial charge in [0.15, 0.2) is 0 Å². The molecule has 192 valence electrons. The molecule has 3 aromatic rings. The SMILES string of the molecule is CC1(C)OC(=O)c2ccc(N(Cc3ccc(-c4ccc(Cl)cc4)cc3)C(=O)CCC3CCCC3)cc2O1. The highest BCUT2D eigenvalue weighted by molar-refractivity contribution is 6.30. The number of benzene rings is 3. The average Bonchev–Trinajstić information content (AvgIpc) is 3.39. The normalized spacial score (nSPS) is 16.6. The molecule has 37 heavy (non-hydrogen) atoms. The summed E-state index contributed by atoms with van der Waals surface area (Å²) in [6.45, 7) is 3.83. The number of cyclic esters (lactones) is 1. The maximum Gasteiger partial charge on any atom is 0.345 e. The smallest absolute Gasteiger partial charge is 0.345 e. The maximum atomic E-state index is 13.6. The summed E-state index contributed by atoms with van der Waals surface area (Å²) in [6, 6.07) is 21.3. The Hall–Kier alpha value is -3.31. The third-order valence-electron chi connectivity index (χ3n) is 7.21. The number of hydrogen-bond donors (Lipinski definition) is 0. The van der Waals surface area contributed by atoms with Crippen molar-refractivity contribution < 1.29 is 19.1 Å². The van der Waals surface area contributed by atoms with Crippen molar-refractivity contribution >= 4 is 29.2 Å². The zero-order valence-corrected chi connectivity index (χ0v) is 22.1. The quantitative estimate of drug-likeness (QED) is 0.300. The predicted octanol–water partition coefficient (Wildman–Crippen LogP) is 7.80. The number of carbonyl (C=O) groups is 2. The minimum absolute atomic E-state index is 0.0753. The Morgan fingerprint density at radius 2 is 1.59 bits per heavy atom. The number of anilines is 1. The Bertz CT molecular complexity index is 1280. The molecular formula is C31H32ClNO4. The van der Waals surface area contributed by atoms with Crippen LogP contribution in [0.2, 0.25) is 5.02 Å². The molecule has 0 atom stereocenters. The highest BCUT2D eigenvalue weighted by atomic mass is 35.5. The van der Waals surface area contributed by atoms with E-state index in [0.717, 1.165) is 23.1 Å². The second-order valence-corrected chi connectivity index (χ2v) is 10.9. The Morgan fingerprint density at radius 1 is 0.946 bits per heavy atom. The molecule has 1 aliphatic carbocycles. The minimum Gasteiger partial charge on any atom is -0.452 e. The van der Waals surface area contributed by atoms with E-state index < -0.39 is 11.8 Å². The summed E-state index contributed by atoms with van der Waals surface area (Å²) in [4.78, 5) is 27.8. The summed E-state index contributed by atoms with van der Waals surface area (Å²) in [6.07, 6.45) is 6.35. The molecule has 1 amide bonds. The van der Waals surface area contributed by atoms with Gasteiger partial charge in [-0.05, 0) is 53.3 Å². The van der Waals surface area contributed by atoms with Crippen molar-refractivity contribution in [1.29, 1.82) is 0 Å². The highest BCUT2D eigenvalue weighted by Crippen LogP contribution is 2.36. The van der Waals surface area contributed by atoms with Crippen molar-refractivity contribution in [2.24, 2.45) is 5.92 Å². The van der Waals surface area contributed by atoms with E-state index in [-0.39, 0.29) is 5.91 Å². The van der Waals surface area contributed by atoms with E-state index in [1.54, 1.807) is 32.0 Å². The van der Waals surface area contributed by atoms with Crippen molar-refractivity contribution in [3.8, 4) is 16.9 Å². The average molecular weight is 518 g/mol. The van der Waals surface area contributed by atoms with Crippen molar-refractivity contribution in [3.05, 3.63) is 82.9 Å². The second-order valence-electron chi connectivity index (χ2n) is 10.4. The molecule has 0 unspecified atom stereocenters. The molecule has 5 nitrogen and oxygen atoms in total. The Morgan fingerprint density at radius 3 is 2.27 bits per heavy atom. The van der Waals surface area contributed by atoms with E-state index in [4.69, 9.17) is 21.1 Å². The number of halogens is 1. The Labute approximate surface area is 223 Å². The number of ether oxygens (including phenoxy) is 2. The molecule has 1 saturated carbocycles. The summed E-state index contributed by atoms with van der Waals surface area (Å²) >= 11 is 6.03. The summed E-state index contributed by atoms with van der Waals surface area (Å²) in [5.41, 5.74) is 4.27. The number of esters is 1. The van der Waals surface area contributed by atoms with E-state index in [0.29, 0.717) is 40.9 Å². The van der Waals surface area contributed by atoms with Crippen molar-refractivity contribution in [2.45, 2.75) is 64.7 Å². The molecular weight excluding hydrogens is 486 g/mol. The van der Waals surface area contributed by atoms with Gasteiger partial charge in [-0.2, -0.15) is 0 Å². The first-order valence-corrected chi connectivity index (χ1v) is 13.4. The third-order valence-corrected chi connectivity index (χ3v) is 7.46. The van der Waals surface area contributed by atoms with Gasteiger partial charge < -0.3 is 14.4 Å². The summed E-state index contributed by atoms with van der Waals surface area (Å²) < 4.78 is 11.3. The van der Waals surface area contributed by atoms with Gasteiger partial charge in [0.2, 0.25) is 11.7 Å². The van der Waals surface area contributed by atoms with Gasteiger partial charge in [0, 0.05) is 37.0 Å². The maximum absolute atomic E-state index is 13.6. The van der Waals surface area contributed by atoms with Crippen LogP contribution in [0.5, 0.6) is 5.75 Å². The fourth-order valence-corrected chi connectivity index (χ4v) is 5.33. The lowest BCUT2D eigenvalue weighted by Gasteiger charge is -2.32. The van der Waals surface area contributed by atoms with Gasteiger partial charge in [0.25, 0.3) is 0 Å². The summed E-state index contributed by atoms with van der Waals surface area (Å²) in [5.74, 6) is -0.337. The van der Waals surface area contributed by atoms with E-state index in [1.807, 2.05) is 29.2 Å². The zero-order valence-electron chi connectivity index (χ0n) is 21.3. The lowest BCUT2D eigenvalue weighted by molar-refractivity contribution is -0.127. The van der Waals surface area contributed by atoms with Gasteiger partial charge in [0.1, 0.15) is 11.3 Å². The fourth-order valence-electron chi connectivity index (χ4n) is 5.21. The van der Waals surface area contributed by atoms with Crippen LogP contribution in [0.3, 0.4) is 0 Å². The van der Waals surface area contributed by atoms with Crippen LogP contribution in [0.25, 0.3) is 11.1 Å². The Kier molecular flexibility index (Phi) is 7.25. The number of nitrogens with zero attached hydrogens (tertiary/aromatic N) is 1. The van der Waals surface area contributed by atoms with Crippen molar-refractivity contribution in [1.82, 2.24) is 0 Å². The van der Waals surface area contributed by atoms with Crippen LogP contribution in [0.4, 0.5) is 5.69 Å². The van der Waals surface area contributed by atoms with E-state index >= 15 is 0 Å². The third kappa shape index (κ3) is 5.99. The lowest BCUT2D eigenvalue weighted by atomic mass is 10.0. The first kappa shape index (κ1) is 25.3. The monoisotopic (exact) mass is 517 g/mol. The van der Waals surface area contributed by atoms with E-state index in [2.05, 4.69) is 24.3 Å². The molecule has 0 spiro atoms. The van der Waals surface area contributed by atoms with Crippen molar-refractivity contribution in [2.75, 3.05) is 4.90 Å². The summed E-state index contributed by atoms with van der Waals surface area (Å²) in [7, 11) is 0. The molecule has 2 aliphatic rings. The van der Waals surface area contributed by atoms with Gasteiger partial charge in [0.05, 0.1) is 6.54 Å². The van der Waals surface area contributed by atoms with Crippen LogP contribution in [-0.2, 0) is 16.1 Å². The number of fused-ring (bicyclic) bond motifs is 1. The molecule has 1 aliphatic heterocycles. The van der Waals surface area contributed by atoms with Crippen LogP contribution >= 0.6 is 11.6 Å². The van der Waals surface area contributed by atoms with Crippen LogP contribution < -0.4 is 9.64 Å². The topological polar surface area (TPSA) is 55.8 Å². The fraction of sp³-hybridized carbons (Fsp3) is 0.355. The molecule has 0 saturated heterocycles. The lowest BCUT2D eigenvalue weighted by Crippen LogP contribution is -2.39. The predicted molar refractivity (Wildman–Crippen MR) is 146 cm³/mol. The number of carbonyl (C=O) groups excluding carboxylic acids is 2. The molecule has 6 heteroatoms. The molecule has 5 rings (SSSR count). The molecule has 0 aromatic heterocycles. The van der Waals surface area contributed by atoms with Crippen LogP contribution in [-0.4, -0.2) is 17.7 Å². The molecule has 0 bridgehead atoms. The van der Waals surface area contributed by atoms with E-state index in [9.17, 15) is 9.59 Å². The molecule has 0 radical (unpaired) electrons. The first-order chi connectivity index (χ1) is 17.8. The van der Waals surface area contributed by atoms with Crippen LogP contribution in [0, 0.1) is 5.92 Å². The number of hydrogen-bond acceptors (Lipinski definition) is 4. The zero-order chi connectivity index (χ0) is 26.0. The van der Waals surface area contributed by atoms with Gasteiger partial charge in [-0.3, -0.25) is 4.79 Å². The largest absolute Gasteiger partial charge is 0.452 e. The first-order valence-electron chi connectivity index (χ1n) is 13.0. The molecule has 1 fully saturated rings. The molecule has 0 N–H and O–H groups in total. The molecule has 3 aromatic carbocycles. The number of amides is 1. The van der Waals surface area contributed by atoms with Crippen LogP contribution in [0.15, 0.2) is 66.7 Å². The van der Waals surface area contributed by atoms with Crippen LogP contribution in [0.1, 0.15) is 68.3 Å². The van der Waals surface area contributed by atoms with E-state index in [1.165, 1.54) is 25.7 Å².